The van der Waals surface area contributed by atoms with Crippen LogP contribution in [-0.4, -0.2) is 55.8 Å². The number of rotatable bonds is 9. The number of nitrogens with zero attached hydrogens (tertiary/aromatic N) is 1. The first kappa shape index (κ1) is 23.1. The minimum absolute atomic E-state index is 0.0249. The van der Waals surface area contributed by atoms with Crippen LogP contribution in [0.1, 0.15) is 29.8 Å². The standard InChI is InChI=1S/C12H19N3O.C5H11Cl2N/c1-9(2)15-12(16)11-6-4-10(5-7-11)8-14-13-3;1-8(4-2-6)5-3-7/h4-7,9,13-14H,8H2,1-3H3,(H,15,16);2-5H2,1H3. The van der Waals surface area contributed by atoms with Crippen LogP contribution in [0.15, 0.2) is 24.3 Å². The van der Waals surface area contributed by atoms with Gasteiger partial charge in [0.15, 0.2) is 0 Å². The van der Waals surface area contributed by atoms with E-state index in [2.05, 4.69) is 21.1 Å². The van der Waals surface area contributed by atoms with Crippen LogP contribution >= 0.6 is 23.2 Å². The van der Waals surface area contributed by atoms with Crippen molar-refractivity contribution in [1.82, 2.24) is 21.1 Å². The van der Waals surface area contributed by atoms with E-state index in [1.807, 2.05) is 52.2 Å². The molecule has 0 atom stereocenters. The molecular weight excluding hydrogens is 347 g/mol. The van der Waals surface area contributed by atoms with Gasteiger partial charge in [0, 0.05) is 43.0 Å². The smallest absolute Gasteiger partial charge is 0.251 e. The third kappa shape index (κ3) is 11.6. The van der Waals surface area contributed by atoms with E-state index in [0.717, 1.165) is 25.2 Å². The largest absolute Gasteiger partial charge is 0.350 e. The van der Waals surface area contributed by atoms with Gasteiger partial charge >= 0.3 is 0 Å². The second-order valence-electron chi connectivity index (χ2n) is 5.61. The number of halogens is 2. The van der Waals surface area contributed by atoms with Gasteiger partial charge < -0.3 is 10.2 Å². The van der Waals surface area contributed by atoms with E-state index >= 15 is 0 Å². The van der Waals surface area contributed by atoms with Gasteiger partial charge in [-0.2, -0.15) is 0 Å². The molecule has 0 aromatic heterocycles. The molecule has 0 spiro atoms. The Morgan fingerprint density at radius 1 is 1.12 bits per heavy atom. The van der Waals surface area contributed by atoms with E-state index in [-0.39, 0.29) is 11.9 Å². The molecule has 0 radical (unpaired) electrons. The second kappa shape index (κ2) is 14.5. The molecule has 0 aliphatic carbocycles. The van der Waals surface area contributed by atoms with Crippen molar-refractivity contribution in [2.45, 2.75) is 26.4 Å². The Labute approximate surface area is 156 Å². The zero-order valence-electron chi connectivity index (χ0n) is 15.0. The van der Waals surface area contributed by atoms with Crippen molar-refractivity contribution >= 4 is 29.1 Å². The summed E-state index contributed by atoms with van der Waals surface area (Å²) in [4.78, 5) is 13.7. The second-order valence-corrected chi connectivity index (χ2v) is 6.37. The van der Waals surface area contributed by atoms with E-state index in [4.69, 9.17) is 23.2 Å². The van der Waals surface area contributed by atoms with Crippen LogP contribution in [0.4, 0.5) is 0 Å². The molecule has 0 saturated heterocycles. The lowest BCUT2D eigenvalue weighted by Gasteiger charge is -2.11. The molecule has 3 N–H and O–H groups in total. The molecule has 24 heavy (non-hydrogen) atoms. The van der Waals surface area contributed by atoms with Crippen LogP contribution < -0.4 is 16.2 Å². The van der Waals surface area contributed by atoms with Crippen LogP contribution in [0.3, 0.4) is 0 Å². The van der Waals surface area contributed by atoms with Gasteiger partial charge in [-0.25, -0.2) is 0 Å². The van der Waals surface area contributed by atoms with E-state index in [0.29, 0.717) is 17.3 Å². The number of hydrazine groups is 1. The van der Waals surface area contributed by atoms with Crippen molar-refractivity contribution in [2.75, 3.05) is 38.9 Å². The van der Waals surface area contributed by atoms with E-state index < -0.39 is 0 Å². The number of amides is 1. The Morgan fingerprint density at radius 2 is 1.67 bits per heavy atom. The van der Waals surface area contributed by atoms with Crippen molar-refractivity contribution in [1.29, 1.82) is 0 Å². The van der Waals surface area contributed by atoms with Crippen molar-refractivity contribution < 1.29 is 4.79 Å². The number of hydrogen-bond donors (Lipinski definition) is 3. The summed E-state index contributed by atoms with van der Waals surface area (Å²) in [5.41, 5.74) is 7.68. The average molecular weight is 377 g/mol. The van der Waals surface area contributed by atoms with Gasteiger partial charge in [-0.15, -0.1) is 23.2 Å². The minimum Gasteiger partial charge on any atom is -0.350 e. The van der Waals surface area contributed by atoms with Gasteiger partial charge in [0.25, 0.3) is 5.91 Å². The molecule has 7 heteroatoms. The fraction of sp³-hybridized carbons (Fsp3) is 0.588. The molecular formula is C17H30Cl2N4O. The molecule has 0 fully saturated rings. The highest BCUT2D eigenvalue weighted by molar-refractivity contribution is 6.18. The number of nitrogens with one attached hydrogen (secondary N) is 3. The minimum atomic E-state index is -0.0249. The molecule has 0 aliphatic heterocycles. The highest BCUT2D eigenvalue weighted by Crippen LogP contribution is 2.04. The van der Waals surface area contributed by atoms with Gasteiger partial charge in [0.1, 0.15) is 0 Å². The predicted octanol–water partition coefficient (Wildman–Crippen LogP) is 2.44. The van der Waals surface area contributed by atoms with Crippen LogP contribution in [-0.2, 0) is 6.54 Å². The number of benzene rings is 1. The van der Waals surface area contributed by atoms with Crippen molar-refractivity contribution in [3.8, 4) is 0 Å². The maximum Gasteiger partial charge on any atom is 0.251 e. The van der Waals surface area contributed by atoms with Gasteiger partial charge in [-0.05, 0) is 45.6 Å². The fourth-order valence-corrected chi connectivity index (χ4v) is 2.29. The van der Waals surface area contributed by atoms with Gasteiger partial charge in [-0.3, -0.25) is 15.6 Å². The Kier molecular flexibility index (Phi) is 14.0. The fourth-order valence-electron chi connectivity index (χ4n) is 1.71. The molecule has 0 unspecified atom stereocenters. The Bertz CT molecular complexity index is 435. The number of hydrogen-bond acceptors (Lipinski definition) is 4. The van der Waals surface area contributed by atoms with Gasteiger partial charge in [0.2, 0.25) is 0 Å². The van der Waals surface area contributed by atoms with Crippen molar-refractivity contribution in [2.24, 2.45) is 0 Å². The van der Waals surface area contributed by atoms with Crippen molar-refractivity contribution in [3.05, 3.63) is 35.4 Å². The predicted molar refractivity (Wildman–Crippen MR) is 104 cm³/mol. The molecule has 1 rings (SSSR count). The van der Waals surface area contributed by atoms with E-state index in [9.17, 15) is 4.79 Å². The molecule has 5 nitrogen and oxygen atoms in total. The Morgan fingerprint density at radius 3 is 2.08 bits per heavy atom. The molecule has 1 amide bonds. The van der Waals surface area contributed by atoms with Gasteiger partial charge in [0.05, 0.1) is 0 Å². The SMILES string of the molecule is CN(CCCl)CCCl.CNNCc1ccc(C(=O)NC(C)C)cc1. The third-order valence-electron chi connectivity index (χ3n) is 3.04. The highest BCUT2D eigenvalue weighted by atomic mass is 35.5. The molecule has 0 aliphatic rings. The van der Waals surface area contributed by atoms with Crippen LogP contribution in [0.5, 0.6) is 0 Å². The lowest BCUT2D eigenvalue weighted by Crippen LogP contribution is -2.30. The molecule has 1 aromatic carbocycles. The van der Waals surface area contributed by atoms with Crippen molar-refractivity contribution in [3.63, 3.8) is 0 Å². The summed E-state index contributed by atoms with van der Waals surface area (Å²) in [5, 5.41) is 2.85. The average Bonchev–Trinajstić information content (AvgIpc) is 2.54. The van der Waals surface area contributed by atoms with Gasteiger partial charge in [-0.1, -0.05) is 12.1 Å². The summed E-state index contributed by atoms with van der Waals surface area (Å²) in [6.07, 6.45) is 0. The first-order chi connectivity index (χ1) is 11.4. The first-order valence-corrected chi connectivity index (χ1v) is 9.11. The topological polar surface area (TPSA) is 56.4 Å². The Balaban J connectivity index is 0.000000561. The summed E-state index contributed by atoms with van der Waals surface area (Å²) in [7, 11) is 3.83. The maximum absolute atomic E-state index is 11.6. The first-order valence-electron chi connectivity index (χ1n) is 8.04. The summed E-state index contributed by atoms with van der Waals surface area (Å²) in [6.45, 7) is 6.48. The van der Waals surface area contributed by atoms with Crippen LogP contribution in [0, 0.1) is 0 Å². The molecule has 138 valence electrons. The maximum atomic E-state index is 11.6. The van der Waals surface area contributed by atoms with E-state index in [1.54, 1.807) is 0 Å². The lowest BCUT2D eigenvalue weighted by atomic mass is 10.1. The van der Waals surface area contributed by atoms with Crippen LogP contribution in [0.25, 0.3) is 0 Å². The summed E-state index contributed by atoms with van der Waals surface area (Å²) >= 11 is 10.9. The monoisotopic (exact) mass is 376 g/mol. The third-order valence-corrected chi connectivity index (χ3v) is 3.38. The molecule has 0 bridgehead atoms. The molecule has 0 saturated carbocycles. The number of alkyl halides is 2. The summed E-state index contributed by atoms with van der Waals surface area (Å²) < 4.78 is 0. The zero-order valence-corrected chi connectivity index (χ0v) is 16.5. The quantitative estimate of drug-likeness (QED) is 0.457. The van der Waals surface area contributed by atoms with E-state index in [1.165, 1.54) is 0 Å². The highest BCUT2D eigenvalue weighted by Gasteiger charge is 2.05. The number of carbonyl (C=O) groups excluding carboxylic acids is 1. The molecule has 0 heterocycles. The summed E-state index contributed by atoms with van der Waals surface area (Å²) in [5.74, 6) is 1.35. The Hall–Kier alpha value is -0.850. The normalized spacial score (nSPS) is 10.5. The van der Waals surface area contributed by atoms with Crippen LogP contribution in [0.2, 0.25) is 0 Å². The summed E-state index contributed by atoms with van der Waals surface area (Å²) in [6, 6.07) is 7.73. The molecule has 1 aromatic rings. The number of carbonyl (C=O) groups is 1. The zero-order chi connectivity index (χ0) is 18.4. The lowest BCUT2D eigenvalue weighted by molar-refractivity contribution is 0.0943.